The molecule has 1 fully saturated rings. The standard InChI is InChI=1S/C20H22F3NO4/c21-20(22,23)28-18-7-5-17(6-8-18)27-19-9-10-24(13-19)11-12-26-16-3-1-15(14-25)2-4-16/h1-8,19,25H,9-14H2. The van der Waals surface area contributed by atoms with Crippen molar-refractivity contribution in [2.45, 2.75) is 25.5 Å². The van der Waals surface area contributed by atoms with E-state index in [-0.39, 0.29) is 18.5 Å². The smallest absolute Gasteiger partial charge is 0.492 e. The number of aliphatic hydroxyl groups excluding tert-OH is 1. The maximum Gasteiger partial charge on any atom is 0.573 e. The number of nitrogens with zero attached hydrogens (tertiary/aromatic N) is 1. The average molecular weight is 397 g/mol. The molecule has 0 saturated carbocycles. The van der Waals surface area contributed by atoms with Gasteiger partial charge in [0.15, 0.2) is 0 Å². The Hall–Kier alpha value is -2.45. The Bertz CT molecular complexity index is 735. The van der Waals surface area contributed by atoms with Gasteiger partial charge in [-0.2, -0.15) is 0 Å². The van der Waals surface area contributed by atoms with Gasteiger partial charge in [0.2, 0.25) is 0 Å². The zero-order chi connectivity index (χ0) is 20.0. The van der Waals surface area contributed by atoms with Crippen LogP contribution in [0, 0.1) is 0 Å². The summed E-state index contributed by atoms with van der Waals surface area (Å²) in [5, 5.41) is 9.03. The molecule has 1 aliphatic rings. The van der Waals surface area contributed by atoms with E-state index in [9.17, 15) is 13.2 Å². The number of likely N-dealkylation sites (tertiary alicyclic amines) is 1. The zero-order valence-electron chi connectivity index (χ0n) is 15.2. The molecule has 0 bridgehead atoms. The van der Waals surface area contributed by atoms with Crippen LogP contribution in [0.4, 0.5) is 13.2 Å². The second kappa shape index (κ2) is 9.16. The lowest BCUT2D eigenvalue weighted by atomic mass is 10.2. The maximum atomic E-state index is 12.2. The van der Waals surface area contributed by atoms with E-state index in [1.54, 1.807) is 0 Å². The number of aliphatic hydroxyl groups is 1. The minimum Gasteiger partial charge on any atom is -0.492 e. The minimum absolute atomic E-state index is 0.00747. The van der Waals surface area contributed by atoms with Crippen LogP contribution in [0.25, 0.3) is 0 Å². The molecule has 5 nitrogen and oxygen atoms in total. The van der Waals surface area contributed by atoms with Crippen molar-refractivity contribution in [3.05, 3.63) is 54.1 Å². The summed E-state index contributed by atoms with van der Waals surface area (Å²) >= 11 is 0. The van der Waals surface area contributed by atoms with Gasteiger partial charge in [-0.1, -0.05) is 12.1 Å². The lowest BCUT2D eigenvalue weighted by Crippen LogP contribution is -2.28. The Morgan fingerprint density at radius 3 is 2.25 bits per heavy atom. The number of halogens is 3. The number of hydrogen-bond donors (Lipinski definition) is 1. The second-order valence-corrected chi connectivity index (χ2v) is 6.50. The molecule has 0 amide bonds. The quantitative estimate of drug-likeness (QED) is 0.738. The molecule has 1 N–H and O–H groups in total. The Labute approximate surface area is 161 Å². The molecule has 3 rings (SSSR count). The van der Waals surface area contributed by atoms with E-state index < -0.39 is 6.36 Å². The summed E-state index contributed by atoms with van der Waals surface area (Å²) in [5.74, 6) is 1.00. The molecule has 0 aliphatic carbocycles. The van der Waals surface area contributed by atoms with E-state index >= 15 is 0 Å². The lowest BCUT2D eigenvalue weighted by molar-refractivity contribution is -0.274. The van der Waals surface area contributed by atoms with Gasteiger partial charge < -0.3 is 19.3 Å². The Morgan fingerprint density at radius 1 is 0.964 bits per heavy atom. The van der Waals surface area contributed by atoms with Crippen LogP contribution in [-0.2, 0) is 6.61 Å². The van der Waals surface area contributed by atoms with Gasteiger partial charge in [-0.3, -0.25) is 4.90 Å². The van der Waals surface area contributed by atoms with Crippen molar-refractivity contribution in [3.8, 4) is 17.2 Å². The summed E-state index contributed by atoms with van der Waals surface area (Å²) in [5.41, 5.74) is 0.838. The Morgan fingerprint density at radius 2 is 1.61 bits per heavy atom. The van der Waals surface area contributed by atoms with Crippen LogP contribution < -0.4 is 14.2 Å². The average Bonchev–Trinajstić information content (AvgIpc) is 3.10. The number of ether oxygens (including phenoxy) is 3. The van der Waals surface area contributed by atoms with E-state index in [0.717, 1.165) is 37.4 Å². The van der Waals surface area contributed by atoms with E-state index in [1.165, 1.54) is 24.3 Å². The largest absolute Gasteiger partial charge is 0.573 e. The van der Waals surface area contributed by atoms with Gasteiger partial charge in [-0.05, 0) is 48.4 Å². The summed E-state index contributed by atoms with van der Waals surface area (Å²) in [7, 11) is 0. The third-order valence-corrected chi connectivity index (χ3v) is 4.37. The fraction of sp³-hybridized carbons (Fsp3) is 0.400. The molecule has 8 heteroatoms. The van der Waals surface area contributed by atoms with Crippen molar-refractivity contribution in [1.29, 1.82) is 0 Å². The van der Waals surface area contributed by atoms with Crippen molar-refractivity contribution < 1.29 is 32.5 Å². The molecule has 2 aromatic carbocycles. The Kier molecular flexibility index (Phi) is 6.64. The van der Waals surface area contributed by atoms with E-state index in [0.29, 0.717) is 12.4 Å². The molecule has 28 heavy (non-hydrogen) atoms. The third kappa shape index (κ3) is 6.31. The van der Waals surface area contributed by atoms with Crippen LogP contribution in [0.3, 0.4) is 0 Å². The molecule has 0 radical (unpaired) electrons. The number of hydrogen-bond acceptors (Lipinski definition) is 5. The summed E-state index contributed by atoms with van der Waals surface area (Å²) in [4.78, 5) is 2.22. The first-order valence-corrected chi connectivity index (χ1v) is 8.99. The second-order valence-electron chi connectivity index (χ2n) is 6.50. The highest BCUT2D eigenvalue weighted by Crippen LogP contribution is 2.26. The van der Waals surface area contributed by atoms with Gasteiger partial charge in [0.25, 0.3) is 0 Å². The van der Waals surface area contributed by atoms with Crippen LogP contribution in [-0.4, -0.2) is 48.7 Å². The molecule has 0 spiro atoms. The Balaban J connectivity index is 1.39. The van der Waals surface area contributed by atoms with Crippen molar-refractivity contribution in [2.24, 2.45) is 0 Å². The number of alkyl halides is 3. The number of benzene rings is 2. The molecule has 152 valence electrons. The minimum atomic E-state index is -4.70. The summed E-state index contributed by atoms with van der Waals surface area (Å²) in [6.07, 6.45) is -3.87. The fourth-order valence-corrected chi connectivity index (χ4v) is 2.99. The fourth-order valence-electron chi connectivity index (χ4n) is 2.99. The van der Waals surface area contributed by atoms with Gasteiger partial charge in [0.05, 0.1) is 6.61 Å². The van der Waals surface area contributed by atoms with E-state index in [1.807, 2.05) is 24.3 Å². The van der Waals surface area contributed by atoms with Gasteiger partial charge in [0.1, 0.15) is 30.0 Å². The van der Waals surface area contributed by atoms with Gasteiger partial charge >= 0.3 is 6.36 Å². The molecule has 2 aromatic rings. The first-order valence-electron chi connectivity index (χ1n) is 8.99. The molecular formula is C20H22F3NO4. The van der Waals surface area contributed by atoms with Crippen molar-refractivity contribution >= 4 is 0 Å². The van der Waals surface area contributed by atoms with Gasteiger partial charge in [0, 0.05) is 19.6 Å². The highest BCUT2D eigenvalue weighted by molar-refractivity contribution is 5.31. The molecule has 0 aromatic heterocycles. The van der Waals surface area contributed by atoms with Crippen LogP contribution in [0.1, 0.15) is 12.0 Å². The molecule has 1 aliphatic heterocycles. The van der Waals surface area contributed by atoms with Crippen LogP contribution in [0.15, 0.2) is 48.5 Å². The molecule has 1 saturated heterocycles. The lowest BCUT2D eigenvalue weighted by Gasteiger charge is -2.17. The third-order valence-electron chi connectivity index (χ3n) is 4.37. The topological polar surface area (TPSA) is 51.2 Å². The van der Waals surface area contributed by atoms with Crippen molar-refractivity contribution in [2.75, 3.05) is 26.2 Å². The molecule has 1 unspecified atom stereocenters. The highest BCUT2D eigenvalue weighted by Gasteiger charge is 2.31. The predicted octanol–water partition coefficient (Wildman–Crippen LogP) is 3.61. The zero-order valence-corrected chi connectivity index (χ0v) is 15.2. The first-order chi connectivity index (χ1) is 13.4. The monoisotopic (exact) mass is 397 g/mol. The number of rotatable bonds is 8. The summed E-state index contributed by atoms with van der Waals surface area (Å²) in [6, 6.07) is 12.7. The maximum absolute atomic E-state index is 12.2. The van der Waals surface area contributed by atoms with Crippen LogP contribution >= 0.6 is 0 Å². The normalized spacial score (nSPS) is 17.5. The van der Waals surface area contributed by atoms with Crippen molar-refractivity contribution in [3.63, 3.8) is 0 Å². The van der Waals surface area contributed by atoms with Gasteiger partial charge in [-0.25, -0.2) is 0 Å². The van der Waals surface area contributed by atoms with Crippen molar-refractivity contribution in [1.82, 2.24) is 4.90 Å². The highest BCUT2D eigenvalue weighted by atomic mass is 19.4. The van der Waals surface area contributed by atoms with Crippen LogP contribution in [0.5, 0.6) is 17.2 Å². The molecule has 1 heterocycles. The predicted molar refractivity (Wildman–Crippen MR) is 96.5 cm³/mol. The first kappa shape index (κ1) is 20.3. The van der Waals surface area contributed by atoms with E-state index in [2.05, 4.69) is 9.64 Å². The summed E-state index contributed by atoms with van der Waals surface area (Å²) < 4.78 is 51.9. The van der Waals surface area contributed by atoms with Gasteiger partial charge in [-0.15, -0.1) is 13.2 Å². The molecule has 1 atom stereocenters. The van der Waals surface area contributed by atoms with Crippen LogP contribution in [0.2, 0.25) is 0 Å². The summed E-state index contributed by atoms with van der Waals surface area (Å²) in [6.45, 7) is 2.89. The SMILES string of the molecule is OCc1ccc(OCCN2CCC(Oc3ccc(OC(F)(F)F)cc3)C2)cc1. The molecular weight excluding hydrogens is 375 g/mol. The van der Waals surface area contributed by atoms with E-state index in [4.69, 9.17) is 14.6 Å².